The topological polar surface area (TPSA) is 69.7 Å². The molecule has 0 unspecified atom stereocenters. The van der Waals surface area contributed by atoms with Crippen molar-refractivity contribution in [3.8, 4) is 0 Å². The number of hydrogen-bond donors (Lipinski definition) is 1. The van der Waals surface area contributed by atoms with Crippen LogP contribution in [0.25, 0.3) is 0 Å². The van der Waals surface area contributed by atoms with Gasteiger partial charge in [0.1, 0.15) is 6.04 Å². The fraction of sp³-hybridized carbons (Fsp3) is 0.929. The predicted octanol–water partition coefficient (Wildman–Crippen LogP) is 0.153. The number of piperidine rings is 1. The van der Waals surface area contributed by atoms with Gasteiger partial charge in [0.2, 0.25) is 15.9 Å². The second-order valence-electron chi connectivity index (χ2n) is 6.53. The predicted molar refractivity (Wildman–Crippen MR) is 80.3 cm³/mol. The molecule has 0 aliphatic carbocycles. The van der Waals surface area contributed by atoms with Crippen LogP contribution < -0.4 is 5.32 Å². The first-order valence-corrected chi connectivity index (χ1v) is 9.83. The number of sulfonamides is 1. The Morgan fingerprint density at radius 2 is 1.86 bits per heavy atom. The number of nitrogens with one attached hydrogen (secondary N) is 1. The monoisotopic (exact) mass is 315 g/mol. The molecule has 0 bridgehead atoms. The summed E-state index contributed by atoms with van der Waals surface area (Å²) < 4.78 is 24.9. The second kappa shape index (κ2) is 5.85. The maximum Gasteiger partial charge on any atom is 0.238 e. The third-order valence-electron chi connectivity index (χ3n) is 5.12. The summed E-state index contributed by atoms with van der Waals surface area (Å²) in [5.74, 6) is -0.102. The van der Waals surface area contributed by atoms with Crippen molar-refractivity contribution >= 4 is 15.9 Å². The maximum atomic E-state index is 12.5. The standard InChI is InChI=1S/C14H25N3O3S/c1-21(19,20)17-9-4-6-13(17)14(18)15-11-7-10-16-8-3-2-5-12(11)16/h11-13H,2-10H2,1H3,(H,15,18)/t11-,12+,13-/m1/s1. The largest absolute Gasteiger partial charge is 0.350 e. The van der Waals surface area contributed by atoms with E-state index in [1.165, 1.54) is 23.4 Å². The number of carbonyl (C=O) groups is 1. The number of hydrogen-bond acceptors (Lipinski definition) is 4. The zero-order valence-corrected chi connectivity index (χ0v) is 13.4. The molecule has 1 N–H and O–H groups in total. The van der Waals surface area contributed by atoms with Gasteiger partial charge in [0, 0.05) is 25.2 Å². The number of carbonyl (C=O) groups excluding carboxylic acids is 1. The number of nitrogens with zero attached hydrogens (tertiary/aromatic N) is 2. The van der Waals surface area contributed by atoms with Crippen LogP contribution in [0, 0.1) is 0 Å². The molecule has 3 aliphatic rings. The average Bonchev–Trinajstić information content (AvgIpc) is 3.05. The molecule has 3 rings (SSSR count). The Kier molecular flexibility index (Phi) is 4.25. The van der Waals surface area contributed by atoms with Crippen molar-refractivity contribution in [1.29, 1.82) is 0 Å². The first-order chi connectivity index (χ1) is 9.97. The van der Waals surface area contributed by atoms with Gasteiger partial charge in [0.15, 0.2) is 0 Å². The highest BCUT2D eigenvalue weighted by atomic mass is 32.2. The van der Waals surface area contributed by atoms with Gasteiger partial charge in [-0.2, -0.15) is 4.31 Å². The molecule has 3 aliphatic heterocycles. The van der Waals surface area contributed by atoms with E-state index >= 15 is 0 Å². The maximum absolute atomic E-state index is 12.5. The minimum absolute atomic E-state index is 0.102. The summed E-state index contributed by atoms with van der Waals surface area (Å²) >= 11 is 0. The lowest BCUT2D eigenvalue weighted by Crippen LogP contribution is -2.52. The van der Waals surface area contributed by atoms with E-state index in [4.69, 9.17) is 0 Å². The molecular weight excluding hydrogens is 290 g/mol. The summed E-state index contributed by atoms with van der Waals surface area (Å²) in [5, 5.41) is 3.14. The summed E-state index contributed by atoms with van der Waals surface area (Å²) in [6.07, 6.45) is 7.21. The highest BCUT2D eigenvalue weighted by Crippen LogP contribution is 2.28. The lowest BCUT2D eigenvalue weighted by atomic mass is 9.99. The van der Waals surface area contributed by atoms with E-state index in [1.54, 1.807) is 0 Å². The molecule has 3 fully saturated rings. The summed E-state index contributed by atoms with van der Waals surface area (Å²) in [7, 11) is -3.29. The lowest BCUT2D eigenvalue weighted by molar-refractivity contribution is -0.125. The summed E-state index contributed by atoms with van der Waals surface area (Å²) in [6.45, 7) is 2.66. The average molecular weight is 315 g/mol. The highest BCUT2D eigenvalue weighted by molar-refractivity contribution is 7.88. The molecule has 21 heavy (non-hydrogen) atoms. The highest BCUT2D eigenvalue weighted by Gasteiger charge is 2.40. The molecule has 7 heteroatoms. The summed E-state index contributed by atoms with van der Waals surface area (Å²) in [6, 6.07) is 0.147. The van der Waals surface area contributed by atoms with E-state index < -0.39 is 16.1 Å². The van der Waals surface area contributed by atoms with E-state index in [2.05, 4.69) is 10.2 Å². The van der Waals surface area contributed by atoms with Gasteiger partial charge >= 0.3 is 0 Å². The van der Waals surface area contributed by atoms with Gasteiger partial charge in [0.25, 0.3) is 0 Å². The summed E-state index contributed by atoms with van der Waals surface area (Å²) in [5.41, 5.74) is 0. The van der Waals surface area contributed by atoms with Crippen molar-refractivity contribution in [3.63, 3.8) is 0 Å². The van der Waals surface area contributed by atoms with Crippen molar-refractivity contribution in [3.05, 3.63) is 0 Å². The van der Waals surface area contributed by atoms with Gasteiger partial charge < -0.3 is 5.32 Å². The van der Waals surface area contributed by atoms with Crippen molar-refractivity contribution in [2.24, 2.45) is 0 Å². The second-order valence-corrected chi connectivity index (χ2v) is 8.47. The SMILES string of the molecule is CS(=O)(=O)N1CCC[C@@H]1C(=O)N[C@@H]1CCN2CCCC[C@@H]12. The van der Waals surface area contributed by atoms with Gasteiger partial charge in [-0.15, -0.1) is 0 Å². The Morgan fingerprint density at radius 3 is 2.62 bits per heavy atom. The van der Waals surface area contributed by atoms with E-state index in [-0.39, 0.29) is 11.9 Å². The van der Waals surface area contributed by atoms with Crippen molar-refractivity contribution in [2.75, 3.05) is 25.9 Å². The Balaban J connectivity index is 1.64. The van der Waals surface area contributed by atoms with Crippen LogP contribution in [0.2, 0.25) is 0 Å². The Morgan fingerprint density at radius 1 is 1.05 bits per heavy atom. The molecule has 0 aromatic heterocycles. The molecule has 0 radical (unpaired) electrons. The van der Waals surface area contributed by atoms with Crippen LogP contribution in [0.1, 0.15) is 38.5 Å². The van der Waals surface area contributed by atoms with Crippen molar-refractivity contribution in [2.45, 2.75) is 56.7 Å². The van der Waals surface area contributed by atoms with E-state index in [0.29, 0.717) is 19.0 Å². The molecule has 0 aromatic rings. The fourth-order valence-corrected chi connectivity index (χ4v) is 5.22. The fourth-order valence-electron chi connectivity index (χ4n) is 4.09. The van der Waals surface area contributed by atoms with Gasteiger partial charge in [-0.25, -0.2) is 8.42 Å². The van der Waals surface area contributed by atoms with Gasteiger partial charge in [0.05, 0.1) is 6.26 Å². The molecular formula is C14H25N3O3S. The minimum Gasteiger partial charge on any atom is -0.350 e. The first kappa shape index (κ1) is 15.2. The molecule has 3 atom stereocenters. The van der Waals surface area contributed by atoms with Crippen LogP contribution in [0.5, 0.6) is 0 Å². The zero-order chi connectivity index (χ0) is 15.0. The smallest absolute Gasteiger partial charge is 0.238 e. The van der Waals surface area contributed by atoms with E-state index in [1.807, 2.05) is 0 Å². The van der Waals surface area contributed by atoms with Crippen molar-refractivity contribution in [1.82, 2.24) is 14.5 Å². The van der Waals surface area contributed by atoms with Crippen LogP contribution in [-0.2, 0) is 14.8 Å². The van der Waals surface area contributed by atoms with Crippen LogP contribution in [0.4, 0.5) is 0 Å². The number of rotatable bonds is 3. The molecule has 1 amide bonds. The number of amides is 1. The Labute approximate surface area is 126 Å². The Hall–Kier alpha value is -0.660. The van der Waals surface area contributed by atoms with Crippen LogP contribution >= 0.6 is 0 Å². The van der Waals surface area contributed by atoms with Crippen LogP contribution in [0.15, 0.2) is 0 Å². The van der Waals surface area contributed by atoms with Crippen LogP contribution in [-0.4, -0.2) is 67.5 Å². The molecule has 0 spiro atoms. The van der Waals surface area contributed by atoms with E-state index in [0.717, 1.165) is 32.4 Å². The number of fused-ring (bicyclic) bond motifs is 1. The molecule has 3 heterocycles. The minimum atomic E-state index is -3.29. The zero-order valence-electron chi connectivity index (χ0n) is 12.6. The van der Waals surface area contributed by atoms with Crippen LogP contribution in [0.3, 0.4) is 0 Å². The summed E-state index contributed by atoms with van der Waals surface area (Å²) in [4.78, 5) is 15.0. The lowest BCUT2D eigenvalue weighted by Gasteiger charge is -2.33. The van der Waals surface area contributed by atoms with Gasteiger partial charge in [-0.1, -0.05) is 6.42 Å². The third-order valence-corrected chi connectivity index (χ3v) is 6.41. The van der Waals surface area contributed by atoms with E-state index in [9.17, 15) is 13.2 Å². The van der Waals surface area contributed by atoms with Gasteiger partial charge in [-0.3, -0.25) is 9.69 Å². The molecule has 3 saturated heterocycles. The molecule has 6 nitrogen and oxygen atoms in total. The molecule has 0 saturated carbocycles. The third kappa shape index (κ3) is 3.10. The quantitative estimate of drug-likeness (QED) is 0.805. The van der Waals surface area contributed by atoms with Gasteiger partial charge in [-0.05, 0) is 38.6 Å². The molecule has 0 aromatic carbocycles. The Bertz CT molecular complexity index is 508. The first-order valence-electron chi connectivity index (χ1n) is 7.98. The normalized spacial score (nSPS) is 34.8. The molecule has 120 valence electrons. The van der Waals surface area contributed by atoms with Crippen molar-refractivity contribution < 1.29 is 13.2 Å².